The van der Waals surface area contributed by atoms with Gasteiger partial charge in [-0.15, -0.1) is 0 Å². The summed E-state index contributed by atoms with van der Waals surface area (Å²) in [5.41, 5.74) is 0.897. The predicted molar refractivity (Wildman–Crippen MR) is 82.9 cm³/mol. The first-order chi connectivity index (χ1) is 10.3. The number of nitrogens with one attached hydrogen (secondary N) is 2. The average Bonchev–Trinajstić information content (AvgIpc) is 2.79. The quantitative estimate of drug-likeness (QED) is 0.846. The van der Waals surface area contributed by atoms with Gasteiger partial charge in [0.05, 0.1) is 17.9 Å². The van der Waals surface area contributed by atoms with Gasteiger partial charge in [0.25, 0.3) is 0 Å². The van der Waals surface area contributed by atoms with Crippen molar-refractivity contribution in [3.05, 3.63) is 11.4 Å². The number of hydrogen-bond acceptors (Lipinski definition) is 4. The molecule has 0 unspecified atom stereocenters. The van der Waals surface area contributed by atoms with Crippen LogP contribution in [0.5, 0.6) is 0 Å². The van der Waals surface area contributed by atoms with Gasteiger partial charge in [-0.25, -0.2) is 8.42 Å². The van der Waals surface area contributed by atoms with E-state index in [0.717, 1.165) is 30.0 Å². The zero-order chi connectivity index (χ0) is 16.3. The Labute approximate surface area is 131 Å². The van der Waals surface area contributed by atoms with Crippen LogP contribution in [0.3, 0.4) is 0 Å². The summed E-state index contributed by atoms with van der Waals surface area (Å²) in [4.78, 5) is 12.2. The van der Waals surface area contributed by atoms with E-state index in [2.05, 4.69) is 15.5 Å². The number of nitrogens with zero attached hydrogens (tertiary/aromatic N) is 2. The van der Waals surface area contributed by atoms with Gasteiger partial charge in [0.2, 0.25) is 15.9 Å². The summed E-state index contributed by atoms with van der Waals surface area (Å²) in [5.74, 6) is -0.253. The maximum atomic E-state index is 12.5. The van der Waals surface area contributed by atoms with Gasteiger partial charge in [-0.3, -0.25) is 9.89 Å². The molecule has 2 rings (SSSR count). The Kier molecular flexibility index (Phi) is 5.23. The number of hydrogen-bond donors (Lipinski definition) is 2. The van der Waals surface area contributed by atoms with Crippen LogP contribution < -0.4 is 5.32 Å². The van der Waals surface area contributed by atoms with Crippen molar-refractivity contribution in [3.63, 3.8) is 0 Å². The molecule has 0 bridgehead atoms. The molecule has 1 aromatic heterocycles. The van der Waals surface area contributed by atoms with E-state index in [1.54, 1.807) is 13.8 Å². The summed E-state index contributed by atoms with van der Waals surface area (Å²) in [6.07, 6.45) is 5.39. The van der Waals surface area contributed by atoms with Crippen LogP contribution in [0.25, 0.3) is 0 Å². The molecule has 0 spiro atoms. The van der Waals surface area contributed by atoms with Crippen molar-refractivity contribution in [2.45, 2.75) is 56.9 Å². The number of carbonyl (C=O) groups excluding carboxylic acids is 1. The van der Waals surface area contributed by atoms with E-state index in [0.29, 0.717) is 11.4 Å². The SMILES string of the molecule is Cc1n[nH]c(C)c1S(=O)(=O)N(C)CC(=O)NC1CCCCC1. The molecular formula is C14H24N4O3S. The second-order valence-corrected chi connectivity index (χ2v) is 7.91. The minimum absolute atomic E-state index is 0.153. The molecule has 2 N–H and O–H groups in total. The van der Waals surface area contributed by atoms with Crippen LogP contribution in [0.4, 0.5) is 0 Å². The standard InChI is InChI=1S/C14H24N4O3S/c1-10-14(11(2)17-16-10)22(20,21)18(3)9-13(19)15-12-7-5-4-6-8-12/h12H,4-9H2,1-3H3,(H,15,19)(H,16,17). The number of amides is 1. The van der Waals surface area contributed by atoms with E-state index in [4.69, 9.17) is 0 Å². The largest absolute Gasteiger partial charge is 0.352 e. The summed E-state index contributed by atoms with van der Waals surface area (Å²) >= 11 is 0. The van der Waals surface area contributed by atoms with Crippen LogP contribution in [0, 0.1) is 13.8 Å². The number of aromatic nitrogens is 2. The van der Waals surface area contributed by atoms with Gasteiger partial charge in [-0.1, -0.05) is 19.3 Å². The lowest BCUT2D eigenvalue weighted by atomic mass is 9.95. The van der Waals surface area contributed by atoms with Crippen LogP contribution in [0.1, 0.15) is 43.5 Å². The zero-order valence-electron chi connectivity index (χ0n) is 13.3. The minimum Gasteiger partial charge on any atom is -0.352 e. The number of carbonyl (C=O) groups is 1. The second-order valence-electron chi connectivity index (χ2n) is 5.93. The molecule has 1 heterocycles. The van der Waals surface area contributed by atoms with E-state index in [1.807, 2.05) is 0 Å². The molecule has 1 amide bonds. The van der Waals surface area contributed by atoms with Crippen molar-refractivity contribution < 1.29 is 13.2 Å². The van der Waals surface area contributed by atoms with E-state index in [1.165, 1.54) is 13.5 Å². The zero-order valence-corrected chi connectivity index (χ0v) is 14.2. The fourth-order valence-corrected chi connectivity index (χ4v) is 4.33. The first-order valence-corrected chi connectivity index (χ1v) is 9.03. The van der Waals surface area contributed by atoms with E-state index in [9.17, 15) is 13.2 Å². The molecule has 1 saturated carbocycles. The highest BCUT2D eigenvalue weighted by Crippen LogP contribution is 2.21. The molecule has 0 atom stereocenters. The first kappa shape index (κ1) is 17.0. The lowest BCUT2D eigenvalue weighted by Crippen LogP contribution is -2.43. The molecular weight excluding hydrogens is 304 g/mol. The van der Waals surface area contributed by atoms with Gasteiger partial charge in [0.15, 0.2) is 0 Å². The highest BCUT2D eigenvalue weighted by Gasteiger charge is 2.28. The van der Waals surface area contributed by atoms with Crippen molar-refractivity contribution in [2.24, 2.45) is 0 Å². The third kappa shape index (κ3) is 3.67. The highest BCUT2D eigenvalue weighted by molar-refractivity contribution is 7.89. The van der Waals surface area contributed by atoms with Crippen molar-refractivity contribution in [2.75, 3.05) is 13.6 Å². The minimum atomic E-state index is -3.71. The first-order valence-electron chi connectivity index (χ1n) is 7.59. The van der Waals surface area contributed by atoms with Gasteiger partial charge in [0, 0.05) is 13.1 Å². The average molecular weight is 328 g/mol. The van der Waals surface area contributed by atoms with Crippen molar-refractivity contribution in [1.82, 2.24) is 19.8 Å². The number of aromatic amines is 1. The predicted octanol–water partition coefficient (Wildman–Crippen LogP) is 1.10. The number of rotatable bonds is 5. The summed E-state index contributed by atoms with van der Waals surface area (Å²) < 4.78 is 26.2. The second kappa shape index (κ2) is 6.78. The fraction of sp³-hybridized carbons (Fsp3) is 0.714. The number of aryl methyl sites for hydroxylation is 2. The molecule has 22 heavy (non-hydrogen) atoms. The maximum absolute atomic E-state index is 12.5. The summed E-state index contributed by atoms with van der Waals surface area (Å²) in [6.45, 7) is 3.11. The Morgan fingerprint density at radius 1 is 1.32 bits per heavy atom. The van der Waals surface area contributed by atoms with Gasteiger partial charge < -0.3 is 5.32 Å². The number of likely N-dealkylation sites (N-methyl/N-ethyl adjacent to an activating group) is 1. The Morgan fingerprint density at radius 2 is 1.95 bits per heavy atom. The molecule has 1 aliphatic carbocycles. The maximum Gasteiger partial charge on any atom is 0.246 e. The van der Waals surface area contributed by atoms with Gasteiger partial charge in [0.1, 0.15) is 4.90 Å². The van der Waals surface area contributed by atoms with Crippen LogP contribution in [-0.2, 0) is 14.8 Å². The van der Waals surface area contributed by atoms with Crippen LogP contribution in [0.15, 0.2) is 4.90 Å². The topological polar surface area (TPSA) is 95.2 Å². The van der Waals surface area contributed by atoms with Crippen molar-refractivity contribution >= 4 is 15.9 Å². The summed E-state index contributed by atoms with van der Waals surface area (Å²) in [5, 5.41) is 9.49. The van der Waals surface area contributed by atoms with Gasteiger partial charge >= 0.3 is 0 Å². The highest BCUT2D eigenvalue weighted by atomic mass is 32.2. The number of sulfonamides is 1. The van der Waals surface area contributed by atoms with E-state index >= 15 is 0 Å². The Morgan fingerprint density at radius 3 is 2.50 bits per heavy atom. The third-order valence-corrected chi connectivity index (χ3v) is 6.13. The van der Waals surface area contributed by atoms with E-state index < -0.39 is 10.0 Å². The van der Waals surface area contributed by atoms with Crippen LogP contribution >= 0.6 is 0 Å². The molecule has 8 heteroatoms. The smallest absolute Gasteiger partial charge is 0.246 e. The van der Waals surface area contributed by atoms with Crippen LogP contribution in [-0.4, -0.2) is 48.5 Å². The van der Waals surface area contributed by atoms with Crippen LogP contribution in [0.2, 0.25) is 0 Å². The van der Waals surface area contributed by atoms with E-state index in [-0.39, 0.29) is 23.4 Å². The molecule has 1 aliphatic rings. The molecule has 124 valence electrons. The summed E-state index contributed by atoms with van der Waals surface area (Å²) in [6, 6.07) is 0.176. The number of H-pyrrole nitrogens is 1. The van der Waals surface area contributed by atoms with Crippen molar-refractivity contribution in [3.8, 4) is 0 Å². The van der Waals surface area contributed by atoms with Gasteiger partial charge in [-0.05, 0) is 26.7 Å². The molecule has 0 aliphatic heterocycles. The normalized spacial score (nSPS) is 16.9. The lowest BCUT2D eigenvalue weighted by Gasteiger charge is -2.24. The molecule has 0 saturated heterocycles. The molecule has 0 aromatic carbocycles. The Hall–Kier alpha value is -1.41. The molecule has 1 fully saturated rings. The monoisotopic (exact) mass is 328 g/mol. The lowest BCUT2D eigenvalue weighted by molar-refractivity contribution is -0.122. The Balaban J connectivity index is 2.01. The van der Waals surface area contributed by atoms with Gasteiger partial charge in [-0.2, -0.15) is 9.40 Å². The third-order valence-electron chi connectivity index (χ3n) is 4.07. The molecule has 7 nitrogen and oxygen atoms in total. The summed E-state index contributed by atoms with van der Waals surface area (Å²) in [7, 11) is -2.30. The van der Waals surface area contributed by atoms with Crippen molar-refractivity contribution in [1.29, 1.82) is 0 Å². The Bertz CT molecular complexity index is 613. The fourth-order valence-electron chi connectivity index (χ4n) is 2.88. The molecule has 0 radical (unpaired) electrons. The molecule has 1 aromatic rings.